The van der Waals surface area contributed by atoms with Crippen LogP contribution >= 0.6 is 0 Å². The van der Waals surface area contributed by atoms with Crippen LogP contribution in [0.3, 0.4) is 0 Å². The molecule has 1 saturated heterocycles. The molecule has 2 aromatic carbocycles. The molecule has 4 aromatic rings. The SMILES string of the molecule is O=C(NC1COCCN(CCc2c(F)cccc2F)C1)c1ccc2[nH]nc(-c3ccncc3)c2c1. The summed E-state index contributed by atoms with van der Waals surface area (Å²) in [5, 5.41) is 11.3. The van der Waals surface area contributed by atoms with Gasteiger partial charge in [0.05, 0.1) is 24.8 Å². The Bertz CT molecular complexity index is 1310. The van der Waals surface area contributed by atoms with Gasteiger partial charge in [-0.25, -0.2) is 8.78 Å². The number of rotatable bonds is 6. The van der Waals surface area contributed by atoms with Crippen LogP contribution in [0.2, 0.25) is 0 Å². The van der Waals surface area contributed by atoms with E-state index in [1.54, 1.807) is 18.5 Å². The summed E-state index contributed by atoms with van der Waals surface area (Å²) in [4.78, 5) is 19.2. The number of hydrogen-bond acceptors (Lipinski definition) is 5. The van der Waals surface area contributed by atoms with Crippen LogP contribution in [0.25, 0.3) is 22.2 Å². The fourth-order valence-electron chi connectivity index (χ4n) is 4.36. The van der Waals surface area contributed by atoms with Crippen LogP contribution in [-0.4, -0.2) is 64.9 Å². The monoisotopic (exact) mass is 477 g/mol. The molecule has 1 aliphatic heterocycles. The number of H-pyrrole nitrogens is 1. The van der Waals surface area contributed by atoms with Crippen molar-refractivity contribution in [1.82, 2.24) is 25.4 Å². The van der Waals surface area contributed by atoms with Crippen LogP contribution in [-0.2, 0) is 11.2 Å². The number of carbonyl (C=O) groups excluding carboxylic acids is 1. The van der Waals surface area contributed by atoms with E-state index in [0.717, 1.165) is 22.2 Å². The second-order valence-corrected chi connectivity index (χ2v) is 8.56. The first-order valence-corrected chi connectivity index (χ1v) is 11.5. The van der Waals surface area contributed by atoms with Gasteiger partial charge in [-0.1, -0.05) is 6.07 Å². The number of aromatic nitrogens is 3. The fourth-order valence-corrected chi connectivity index (χ4v) is 4.36. The van der Waals surface area contributed by atoms with Gasteiger partial charge in [-0.15, -0.1) is 0 Å². The van der Waals surface area contributed by atoms with Crippen molar-refractivity contribution >= 4 is 16.8 Å². The molecule has 7 nitrogen and oxygen atoms in total. The number of nitrogens with zero attached hydrogens (tertiary/aromatic N) is 3. The van der Waals surface area contributed by atoms with Crippen molar-refractivity contribution in [2.75, 3.05) is 32.8 Å². The predicted molar refractivity (Wildman–Crippen MR) is 128 cm³/mol. The van der Waals surface area contributed by atoms with Crippen molar-refractivity contribution in [3.63, 3.8) is 0 Å². The smallest absolute Gasteiger partial charge is 0.251 e. The summed E-state index contributed by atoms with van der Waals surface area (Å²) in [6.07, 6.45) is 3.64. The second-order valence-electron chi connectivity index (χ2n) is 8.56. The van der Waals surface area contributed by atoms with Crippen molar-refractivity contribution in [1.29, 1.82) is 0 Å². The molecule has 0 aliphatic carbocycles. The number of amides is 1. The number of aromatic amines is 1. The van der Waals surface area contributed by atoms with Gasteiger partial charge >= 0.3 is 0 Å². The first-order valence-electron chi connectivity index (χ1n) is 11.5. The lowest BCUT2D eigenvalue weighted by Crippen LogP contribution is -2.45. The average Bonchev–Trinajstić information content (AvgIpc) is 3.17. The molecule has 180 valence electrons. The maximum atomic E-state index is 14.0. The zero-order chi connectivity index (χ0) is 24.2. The number of halogens is 2. The highest BCUT2D eigenvalue weighted by Crippen LogP contribution is 2.26. The molecular formula is C26H25F2N5O2. The summed E-state index contributed by atoms with van der Waals surface area (Å²) in [5.41, 5.74) is 3.08. The van der Waals surface area contributed by atoms with E-state index >= 15 is 0 Å². The maximum absolute atomic E-state index is 14.0. The Kier molecular flexibility index (Phi) is 6.78. The molecule has 9 heteroatoms. The molecule has 1 aliphatic rings. The molecule has 0 spiro atoms. The van der Waals surface area contributed by atoms with Gasteiger partial charge in [-0.3, -0.25) is 19.8 Å². The molecule has 35 heavy (non-hydrogen) atoms. The highest BCUT2D eigenvalue weighted by atomic mass is 19.1. The van der Waals surface area contributed by atoms with E-state index in [2.05, 4.69) is 25.4 Å². The molecule has 1 fully saturated rings. The number of ether oxygens (including phenoxy) is 1. The van der Waals surface area contributed by atoms with E-state index in [4.69, 9.17) is 4.74 Å². The van der Waals surface area contributed by atoms with E-state index in [1.807, 2.05) is 24.3 Å². The Morgan fingerprint density at radius 1 is 1.14 bits per heavy atom. The third kappa shape index (κ3) is 5.21. The van der Waals surface area contributed by atoms with Crippen LogP contribution in [0.15, 0.2) is 60.9 Å². The topological polar surface area (TPSA) is 83.1 Å². The molecule has 0 saturated carbocycles. The van der Waals surface area contributed by atoms with Crippen LogP contribution in [0.4, 0.5) is 8.78 Å². The summed E-state index contributed by atoms with van der Waals surface area (Å²) in [6, 6.07) is 12.8. The highest BCUT2D eigenvalue weighted by Gasteiger charge is 2.22. The Labute approximate surface area is 201 Å². The van der Waals surface area contributed by atoms with Gasteiger partial charge in [0.1, 0.15) is 17.3 Å². The van der Waals surface area contributed by atoms with E-state index in [9.17, 15) is 13.6 Å². The lowest BCUT2D eigenvalue weighted by Gasteiger charge is -2.24. The van der Waals surface area contributed by atoms with Crippen LogP contribution in [0.5, 0.6) is 0 Å². The Hall–Kier alpha value is -3.69. The lowest BCUT2D eigenvalue weighted by atomic mass is 10.1. The maximum Gasteiger partial charge on any atom is 0.251 e. The molecule has 1 amide bonds. The van der Waals surface area contributed by atoms with Crippen LogP contribution < -0.4 is 5.32 Å². The molecule has 0 radical (unpaired) electrons. The van der Waals surface area contributed by atoms with Crippen molar-refractivity contribution in [3.05, 3.63) is 83.7 Å². The Balaban J connectivity index is 1.27. The van der Waals surface area contributed by atoms with Gasteiger partial charge in [-0.05, 0) is 48.9 Å². The summed E-state index contributed by atoms with van der Waals surface area (Å²) in [6.45, 7) is 2.47. The quantitative estimate of drug-likeness (QED) is 0.444. The van der Waals surface area contributed by atoms with E-state index in [-0.39, 0.29) is 23.9 Å². The second kappa shape index (κ2) is 10.3. The van der Waals surface area contributed by atoms with Gasteiger partial charge in [0.15, 0.2) is 0 Å². The van der Waals surface area contributed by atoms with Crippen LogP contribution in [0.1, 0.15) is 15.9 Å². The molecule has 1 atom stereocenters. The van der Waals surface area contributed by atoms with Gasteiger partial charge in [0, 0.05) is 54.1 Å². The van der Waals surface area contributed by atoms with E-state index in [0.29, 0.717) is 38.4 Å². The largest absolute Gasteiger partial charge is 0.378 e. The van der Waals surface area contributed by atoms with E-state index < -0.39 is 11.6 Å². The first-order chi connectivity index (χ1) is 17.1. The predicted octanol–water partition coefficient (Wildman–Crippen LogP) is 3.58. The Morgan fingerprint density at radius 2 is 1.94 bits per heavy atom. The summed E-state index contributed by atoms with van der Waals surface area (Å²) in [5.74, 6) is -1.30. The number of carbonyl (C=O) groups is 1. The minimum atomic E-state index is -0.540. The van der Waals surface area contributed by atoms with Gasteiger partial charge in [0.2, 0.25) is 0 Å². The lowest BCUT2D eigenvalue weighted by molar-refractivity contribution is 0.0883. The fraction of sp³-hybridized carbons (Fsp3) is 0.269. The Morgan fingerprint density at radius 3 is 2.74 bits per heavy atom. The number of pyridine rings is 1. The molecule has 5 rings (SSSR count). The molecular weight excluding hydrogens is 452 g/mol. The van der Waals surface area contributed by atoms with Crippen molar-refractivity contribution in [2.24, 2.45) is 0 Å². The molecule has 1 unspecified atom stereocenters. The number of hydrogen-bond donors (Lipinski definition) is 2. The van der Waals surface area contributed by atoms with Crippen molar-refractivity contribution < 1.29 is 18.3 Å². The van der Waals surface area contributed by atoms with Crippen molar-refractivity contribution in [2.45, 2.75) is 12.5 Å². The van der Waals surface area contributed by atoms with Gasteiger partial charge in [0.25, 0.3) is 5.91 Å². The summed E-state index contributed by atoms with van der Waals surface area (Å²) < 4.78 is 33.7. The minimum absolute atomic E-state index is 0.0802. The average molecular weight is 478 g/mol. The third-order valence-corrected chi connectivity index (χ3v) is 6.20. The van der Waals surface area contributed by atoms with Gasteiger partial charge in [-0.2, -0.15) is 5.10 Å². The number of benzene rings is 2. The normalized spacial score (nSPS) is 16.8. The van der Waals surface area contributed by atoms with Crippen LogP contribution in [0, 0.1) is 11.6 Å². The summed E-state index contributed by atoms with van der Waals surface area (Å²) >= 11 is 0. The summed E-state index contributed by atoms with van der Waals surface area (Å²) in [7, 11) is 0. The molecule has 0 bridgehead atoms. The van der Waals surface area contributed by atoms with E-state index in [1.165, 1.54) is 18.2 Å². The molecule has 2 N–H and O–H groups in total. The third-order valence-electron chi connectivity index (χ3n) is 6.20. The number of nitrogens with one attached hydrogen (secondary N) is 2. The first kappa shape index (κ1) is 23.1. The molecule has 2 aromatic heterocycles. The van der Waals surface area contributed by atoms with Gasteiger partial charge < -0.3 is 10.1 Å². The zero-order valence-electron chi connectivity index (χ0n) is 19.0. The standard InChI is InChI=1S/C26H25F2N5O2/c27-22-2-1-3-23(28)20(22)8-11-33-12-13-35-16-19(15-33)30-26(34)18-4-5-24-21(14-18)25(32-31-24)17-6-9-29-10-7-17/h1-7,9-10,14,19H,8,11-13,15-16H2,(H,30,34)(H,31,32). The highest BCUT2D eigenvalue weighted by molar-refractivity contribution is 6.01. The molecule has 3 heterocycles. The minimum Gasteiger partial charge on any atom is -0.378 e. The zero-order valence-corrected chi connectivity index (χ0v) is 19.0. The van der Waals surface area contributed by atoms with Crippen molar-refractivity contribution in [3.8, 4) is 11.3 Å². The number of fused-ring (bicyclic) bond motifs is 1.